The molecule has 2 N–H and O–H groups in total. The largest absolute Gasteiger partial charge is 0.492 e. The van der Waals surface area contributed by atoms with Crippen LogP contribution < -0.4 is 10.1 Å². The maximum Gasteiger partial charge on any atom is 0.335 e. The van der Waals surface area contributed by atoms with Gasteiger partial charge in [-0.15, -0.1) is 0 Å². The van der Waals surface area contributed by atoms with Gasteiger partial charge in [0, 0.05) is 29.1 Å². The Morgan fingerprint density at radius 2 is 1.76 bits per heavy atom. The van der Waals surface area contributed by atoms with Crippen molar-refractivity contribution < 1.29 is 28.7 Å². The molecule has 2 unspecified atom stereocenters. The predicted octanol–water partition coefficient (Wildman–Crippen LogP) is 6.94. The van der Waals surface area contributed by atoms with Crippen molar-refractivity contribution in [3.05, 3.63) is 64.9 Å². The van der Waals surface area contributed by atoms with E-state index in [1.807, 2.05) is 11.8 Å². The molecule has 0 radical (unpaired) electrons. The van der Waals surface area contributed by atoms with Gasteiger partial charge in [0.1, 0.15) is 17.2 Å². The van der Waals surface area contributed by atoms with E-state index in [1.54, 1.807) is 6.07 Å². The summed E-state index contributed by atoms with van der Waals surface area (Å²) in [6, 6.07) is 13.1. The number of benzene rings is 2. The zero-order valence-corrected chi connectivity index (χ0v) is 23.9. The average molecular weight is 572 g/mol. The van der Waals surface area contributed by atoms with E-state index < -0.39 is 5.97 Å². The zero-order chi connectivity index (χ0) is 28.8. The van der Waals surface area contributed by atoms with Gasteiger partial charge in [0.25, 0.3) is 0 Å². The van der Waals surface area contributed by atoms with E-state index in [4.69, 9.17) is 14.0 Å². The highest BCUT2D eigenvalue weighted by atomic mass is 16.5. The molecule has 2 aliphatic heterocycles. The van der Waals surface area contributed by atoms with E-state index in [0.29, 0.717) is 36.5 Å². The molecule has 9 nitrogen and oxygen atoms in total. The molecule has 7 rings (SSSR count). The summed E-state index contributed by atoms with van der Waals surface area (Å²) in [5, 5.41) is 16.9. The van der Waals surface area contributed by atoms with E-state index in [-0.39, 0.29) is 29.8 Å². The molecule has 9 heteroatoms. The summed E-state index contributed by atoms with van der Waals surface area (Å²) < 4.78 is 18.2. The number of aromatic nitrogens is 1. The molecule has 42 heavy (non-hydrogen) atoms. The van der Waals surface area contributed by atoms with Crippen LogP contribution in [0.3, 0.4) is 0 Å². The first-order chi connectivity index (χ1) is 20.5. The summed E-state index contributed by atoms with van der Waals surface area (Å²) in [4.78, 5) is 26.8. The first-order valence-corrected chi connectivity index (χ1v) is 15.3. The van der Waals surface area contributed by atoms with Crippen LogP contribution in [0.2, 0.25) is 0 Å². The Bertz CT molecular complexity index is 1480. The van der Waals surface area contributed by atoms with Crippen molar-refractivity contribution in [1.82, 2.24) is 10.1 Å². The molecule has 2 aliphatic carbocycles. The monoisotopic (exact) mass is 571 g/mol. The van der Waals surface area contributed by atoms with Crippen molar-refractivity contribution in [2.45, 2.75) is 94.9 Å². The van der Waals surface area contributed by atoms with Gasteiger partial charge in [0.05, 0.1) is 30.6 Å². The zero-order valence-electron chi connectivity index (χ0n) is 23.9. The van der Waals surface area contributed by atoms with Gasteiger partial charge in [-0.05, 0) is 88.0 Å². The molecular formula is C33H37N3O6. The van der Waals surface area contributed by atoms with Gasteiger partial charge in [0.15, 0.2) is 0 Å². The fourth-order valence-electron chi connectivity index (χ4n) is 6.81. The predicted molar refractivity (Wildman–Crippen MR) is 156 cm³/mol. The second-order valence-corrected chi connectivity index (χ2v) is 12.1. The SMILES string of the molecule is CCOc1cc(C(=O)O)ccc1NC(=O)N1C2CCC1CC(OCc1c(-c3ccccc3C3CC3)noc1C1CC1)C2. The van der Waals surface area contributed by atoms with E-state index in [9.17, 15) is 14.7 Å². The standard InChI is InChI=1S/C33H37N3O6/c1-2-40-29-15-21(32(37)38)11-14-28(29)34-33(39)36-22-12-13-23(36)17-24(16-22)41-18-27-30(35-42-31(27)20-9-10-20)26-6-4-3-5-25(26)19-7-8-19/h3-6,11,14-15,19-20,22-24H,2,7-10,12-13,16-18H2,1H3,(H,34,39)(H,37,38). The minimum atomic E-state index is -1.04. The third-order valence-electron chi connectivity index (χ3n) is 9.16. The second kappa shape index (κ2) is 11.1. The highest BCUT2D eigenvalue weighted by Gasteiger charge is 2.44. The number of nitrogens with one attached hydrogen (secondary N) is 1. The van der Waals surface area contributed by atoms with E-state index in [2.05, 4.69) is 34.7 Å². The highest BCUT2D eigenvalue weighted by Crippen LogP contribution is 2.48. The summed E-state index contributed by atoms with van der Waals surface area (Å²) in [7, 11) is 0. The number of urea groups is 1. The quantitative estimate of drug-likeness (QED) is 0.271. The minimum Gasteiger partial charge on any atom is -0.492 e. The van der Waals surface area contributed by atoms with Crippen LogP contribution in [0.5, 0.6) is 5.75 Å². The number of hydrogen-bond donors (Lipinski definition) is 2. The highest BCUT2D eigenvalue weighted by molar-refractivity contribution is 5.94. The van der Waals surface area contributed by atoms with Gasteiger partial charge < -0.3 is 29.3 Å². The number of carboxylic acid groups (broad SMARTS) is 1. The van der Waals surface area contributed by atoms with Crippen LogP contribution in [-0.2, 0) is 11.3 Å². The van der Waals surface area contributed by atoms with Gasteiger partial charge >= 0.3 is 12.0 Å². The maximum absolute atomic E-state index is 13.5. The van der Waals surface area contributed by atoms with E-state index in [1.165, 1.54) is 36.1 Å². The maximum atomic E-state index is 13.5. The lowest BCUT2D eigenvalue weighted by Crippen LogP contribution is -2.50. The van der Waals surface area contributed by atoms with Gasteiger partial charge in [0.2, 0.25) is 0 Å². The normalized spacial score (nSPS) is 23.2. The summed E-state index contributed by atoms with van der Waals surface area (Å²) in [6.07, 6.45) is 8.20. The molecule has 220 valence electrons. The molecule has 2 saturated heterocycles. The summed E-state index contributed by atoms with van der Waals surface area (Å²) in [5.74, 6) is 1.35. The number of amides is 2. The number of rotatable bonds is 10. The van der Waals surface area contributed by atoms with Crippen molar-refractivity contribution in [2.75, 3.05) is 11.9 Å². The molecule has 4 aliphatic rings. The lowest BCUT2D eigenvalue weighted by molar-refractivity contribution is -0.0158. The van der Waals surface area contributed by atoms with Crippen LogP contribution in [0.15, 0.2) is 47.0 Å². The number of anilines is 1. The smallest absolute Gasteiger partial charge is 0.335 e. The van der Waals surface area contributed by atoms with Crippen molar-refractivity contribution >= 4 is 17.7 Å². The first kappa shape index (κ1) is 27.0. The average Bonchev–Trinajstić information content (AvgIpc) is 3.93. The fourth-order valence-corrected chi connectivity index (χ4v) is 6.81. The number of carboxylic acids is 1. The van der Waals surface area contributed by atoms with Crippen molar-refractivity contribution in [2.24, 2.45) is 0 Å². The van der Waals surface area contributed by atoms with Crippen molar-refractivity contribution in [3.63, 3.8) is 0 Å². The van der Waals surface area contributed by atoms with Gasteiger partial charge in [-0.25, -0.2) is 9.59 Å². The van der Waals surface area contributed by atoms with Crippen LogP contribution in [-0.4, -0.2) is 52.0 Å². The molecule has 4 fully saturated rings. The summed E-state index contributed by atoms with van der Waals surface area (Å²) >= 11 is 0. The van der Waals surface area contributed by atoms with Crippen molar-refractivity contribution in [3.8, 4) is 17.0 Å². The minimum absolute atomic E-state index is 0.0499. The Hall–Kier alpha value is -3.85. The Morgan fingerprint density at radius 3 is 2.45 bits per heavy atom. The third kappa shape index (κ3) is 5.26. The van der Waals surface area contributed by atoms with Crippen LogP contribution in [0.4, 0.5) is 10.5 Å². The molecule has 2 bridgehead atoms. The van der Waals surface area contributed by atoms with Gasteiger partial charge in [-0.3, -0.25) is 0 Å². The van der Waals surface area contributed by atoms with Crippen LogP contribution in [0.1, 0.15) is 97.4 Å². The number of ether oxygens (including phenoxy) is 2. The lowest BCUT2D eigenvalue weighted by Gasteiger charge is -2.38. The number of fused-ring (bicyclic) bond motifs is 2. The number of hydrogen-bond acceptors (Lipinski definition) is 6. The molecule has 2 saturated carbocycles. The van der Waals surface area contributed by atoms with Crippen LogP contribution >= 0.6 is 0 Å². The first-order valence-electron chi connectivity index (χ1n) is 15.3. The Balaban J connectivity index is 1.04. The molecule has 0 spiro atoms. The number of carbonyl (C=O) groups is 2. The molecular weight excluding hydrogens is 534 g/mol. The van der Waals surface area contributed by atoms with Crippen LogP contribution in [0, 0.1) is 0 Å². The van der Waals surface area contributed by atoms with Crippen molar-refractivity contribution in [1.29, 1.82) is 0 Å². The second-order valence-electron chi connectivity index (χ2n) is 12.1. The van der Waals surface area contributed by atoms with E-state index in [0.717, 1.165) is 55.5 Å². The third-order valence-corrected chi connectivity index (χ3v) is 9.16. The Labute approximate surface area is 245 Å². The Kier molecular flexibility index (Phi) is 7.14. The molecule has 2 amide bonds. The van der Waals surface area contributed by atoms with Crippen LogP contribution in [0.25, 0.3) is 11.3 Å². The summed E-state index contributed by atoms with van der Waals surface area (Å²) in [6.45, 7) is 2.65. The molecule has 3 heterocycles. The summed E-state index contributed by atoms with van der Waals surface area (Å²) in [5.41, 5.74) is 5.14. The number of carbonyl (C=O) groups excluding carboxylic acids is 1. The molecule has 2 aromatic carbocycles. The number of nitrogens with zero attached hydrogens (tertiary/aromatic N) is 2. The molecule has 1 aromatic heterocycles. The lowest BCUT2D eigenvalue weighted by atomic mass is 9.97. The molecule has 3 aromatic rings. The topological polar surface area (TPSA) is 114 Å². The molecule has 2 atom stereocenters. The van der Waals surface area contributed by atoms with Gasteiger partial charge in [-0.1, -0.05) is 29.4 Å². The van der Waals surface area contributed by atoms with E-state index >= 15 is 0 Å². The Morgan fingerprint density at radius 1 is 1.02 bits per heavy atom. The van der Waals surface area contributed by atoms with Gasteiger partial charge in [-0.2, -0.15) is 0 Å². The number of aromatic carboxylic acids is 1. The fraction of sp³-hybridized carbons (Fsp3) is 0.485. The number of piperidine rings is 1.